The third kappa shape index (κ3) is 3.40. The number of hydrogen-bond acceptors (Lipinski definition) is 5. The molecule has 0 spiro atoms. The number of hydrogen-bond donors (Lipinski definition) is 0. The molecule has 0 fully saturated rings. The number of benzene rings is 1. The molecule has 2 aromatic heterocycles. The summed E-state index contributed by atoms with van der Waals surface area (Å²) in [6.45, 7) is 3.83. The fraction of sp³-hybridized carbons (Fsp3) is 0.278. The Kier molecular flexibility index (Phi) is 4.56. The monoisotopic (exact) mass is 336 g/mol. The lowest BCUT2D eigenvalue weighted by Crippen LogP contribution is -2.30. The van der Waals surface area contributed by atoms with E-state index < -0.39 is 0 Å². The van der Waals surface area contributed by atoms with Crippen LogP contribution in [0.15, 0.2) is 42.9 Å². The topological polar surface area (TPSA) is 76.8 Å². The summed E-state index contributed by atoms with van der Waals surface area (Å²) in [6.07, 6.45) is 3.16. The van der Waals surface area contributed by atoms with Gasteiger partial charge in [0.25, 0.3) is 5.91 Å². The molecule has 0 aliphatic rings. The minimum atomic E-state index is -0.158. The van der Waals surface area contributed by atoms with E-state index >= 15 is 0 Å². The highest BCUT2D eigenvalue weighted by atomic mass is 16.2. The molecule has 0 saturated carbocycles. The van der Waals surface area contributed by atoms with Crippen molar-refractivity contribution in [1.29, 1.82) is 0 Å². The molecule has 128 valence electrons. The van der Waals surface area contributed by atoms with E-state index in [-0.39, 0.29) is 11.9 Å². The Hall–Kier alpha value is -3.09. The van der Waals surface area contributed by atoms with Gasteiger partial charge in [-0.2, -0.15) is 5.10 Å². The van der Waals surface area contributed by atoms with Crippen LogP contribution in [0.3, 0.4) is 0 Å². The maximum Gasteiger partial charge on any atom is 0.254 e. The van der Waals surface area contributed by atoms with Crippen molar-refractivity contribution in [3.63, 3.8) is 0 Å². The zero-order chi connectivity index (χ0) is 18.0. The summed E-state index contributed by atoms with van der Waals surface area (Å²) in [6, 6.07) is 9.02. The van der Waals surface area contributed by atoms with E-state index in [4.69, 9.17) is 0 Å². The van der Waals surface area contributed by atoms with Crippen LogP contribution in [0.25, 0.3) is 11.4 Å². The van der Waals surface area contributed by atoms with Gasteiger partial charge in [-0.05, 0) is 32.0 Å². The van der Waals surface area contributed by atoms with Gasteiger partial charge in [0.15, 0.2) is 5.82 Å². The molecular formula is C18H20N6O. The molecule has 1 atom stereocenters. The lowest BCUT2D eigenvalue weighted by Gasteiger charge is -2.24. The number of carbonyl (C=O) groups is 1. The molecule has 0 aliphatic carbocycles. The molecule has 3 aromatic rings. The van der Waals surface area contributed by atoms with Gasteiger partial charge in [0.1, 0.15) is 12.2 Å². The van der Waals surface area contributed by atoms with Gasteiger partial charge in [0.2, 0.25) is 0 Å². The smallest absolute Gasteiger partial charge is 0.254 e. The predicted molar refractivity (Wildman–Crippen MR) is 93.7 cm³/mol. The Morgan fingerprint density at radius 1 is 1.28 bits per heavy atom. The fourth-order valence-electron chi connectivity index (χ4n) is 2.50. The van der Waals surface area contributed by atoms with Crippen LogP contribution >= 0.6 is 0 Å². The SMILES string of the molecule is Cc1nc(-c2cccc(C(=O)N(C)C(C)c3ccncn3)c2)nn1C. The van der Waals surface area contributed by atoms with E-state index in [1.807, 2.05) is 45.2 Å². The standard InChI is InChI=1S/C18H20N6O/c1-12(16-8-9-19-11-20-16)23(3)18(25)15-7-5-6-14(10-15)17-21-13(2)24(4)22-17/h5-12H,1-4H3. The highest BCUT2D eigenvalue weighted by molar-refractivity contribution is 5.95. The number of aromatic nitrogens is 5. The van der Waals surface area contributed by atoms with Crippen molar-refractivity contribution in [3.05, 3.63) is 59.9 Å². The third-order valence-electron chi connectivity index (χ3n) is 4.28. The summed E-state index contributed by atoms with van der Waals surface area (Å²) in [5.41, 5.74) is 2.20. The molecule has 0 bridgehead atoms. The van der Waals surface area contributed by atoms with Gasteiger partial charge in [-0.1, -0.05) is 12.1 Å². The first-order valence-corrected chi connectivity index (χ1v) is 7.98. The summed E-state index contributed by atoms with van der Waals surface area (Å²) < 4.78 is 1.72. The third-order valence-corrected chi connectivity index (χ3v) is 4.28. The first-order valence-electron chi connectivity index (χ1n) is 7.98. The zero-order valence-electron chi connectivity index (χ0n) is 14.7. The minimum Gasteiger partial charge on any atom is -0.333 e. The van der Waals surface area contributed by atoms with Crippen LogP contribution in [0.4, 0.5) is 0 Å². The second-order valence-electron chi connectivity index (χ2n) is 5.91. The molecule has 0 N–H and O–H groups in total. The number of amides is 1. The highest BCUT2D eigenvalue weighted by Crippen LogP contribution is 2.21. The maximum atomic E-state index is 12.9. The van der Waals surface area contributed by atoms with E-state index in [1.165, 1.54) is 6.33 Å². The normalized spacial score (nSPS) is 12.0. The number of nitrogens with zero attached hydrogens (tertiary/aromatic N) is 6. The largest absolute Gasteiger partial charge is 0.333 e. The molecule has 0 saturated heterocycles. The number of carbonyl (C=O) groups excluding carboxylic acids is 1. The predicted octanol–water partition coefficient (Wildman–Crippen LogP) is 2.41. The fourth-order valence-corrected chi connectivity index (χ4v) is 2.50. The van der Waals surface area contributed by atoms with E-state index in [0.29, 0.717) is 11.4 Å². The Morgan fingerprint density at radius 2 is 2.08 bits per heavy atom. The van der Waals surface area contributed by atoms with Crippen LogP contribution < -0.4 is 0 Å². The average molecular weight is 336 g/mol. The van der Waals surface area contributed by atoms with Gasteiger partial charge in [-0.15, -0.1) is 0 Å². The molecular weight excluding hydrogens is 316 g/mol. The lowest BCUT2D eigenvalue weighted by molar-refractivity contribution is 0.0739. The summed E-state index contributed by atoms with van der Waals surface area (Å²) >= 11 is 0. The van der Waals surface area contributed by atoms with Crippen LogP contribution in [-0.4, -0.2) is 42.6 Å². The van der Waals surface area contributed by atoms with Crippen molar-refractivity contribution in [2.24, 2.45) is 7.05 Å². The summed E-state index contributed by atoms with van der Waals surface area (Å²) in [4.78, 5) is 27.1. The van der Waals surface area contributed by atoms with Crippen molar-refractivity contribution >= 4 is 5.91 Å². The van der Waals surface area contributed by atoms with E-state index in [0.717, 1.165) is 17.1 Å². The second kappa shape index (κ2) is 6.80. The quantitative estimate of drug-likeness (QED) is 0.731. The van der Waals surface area contributed by atoms with E-state index in [1.54, 1.807) is 28.9 Å². The van der Waals surface area contributed by atoms with Crippen LogP contribution in [0.1, 0.15) is 34.8 Å². The van der Waals surface area contributed by atoms with Crippen LogP contribution in [0, 0.1) is 6.92 Å². The highest BCUT2D eigenvalue weighted by Gasteiger charge is 2.20. The molecule has 7 nitrogen and oxygen atoms in total. The van der Waals surface area contributed by atoms with Crippen LogP contribution in [0.2, 0.25) is 0 Å². The molecule has 3 rings (SSSR count). The van der Waals surface area contributed by atoms with Crippen molar-refractivity contribution in [1.82, 2.24) is 29.6 Å². The first-order chi connectivity index (χ1) is 12.0. The Morgan fingerprint density at radius 3 is 2.72 bits per heavy atom. The Balaban J connectivity index is 1.86. The molecule has 0 aliphatic heterocycles. The molecule has 2 heterocycles. The molecule has 25 heavy (non-hydrogen) atoms. The average Bonchev–Trinajstić information content (AvgIpc) is 2.99. The Bertz CT molecular complexity index is 870. The molecule has 1 unspecified atom stereocenters. The van der Waals surface area contributed by atoms with Crippen molar-refractivity contribution in [2.45, 2.75) is 19.9 Å². The molecule has 0 radical (unpaired) electrons. The van der Waals surface area contributed by atoms with Crippen molar-refractivity contribution in [3.8, 4) is 11.4 Å². The van der Waals surface area contributed by atoms with Crippen molar-refractivity contribution in [2.75, 3.05) is 7.05 Å². The molecule has 1 amide bonds. The second-order valence-corrected chi connectivity index (χ2v) is 5.91. The van der Waals surface area contributed by atoms with Gasteiger partial charge >= 0.3 is 0 Å². The lowest BCUT2D eigenvalue weighted by atomic mass is 10.1. The van der Waals surface area contributed by atoms with Gasteiger partial charge in [-0.3, -0.25) is 9.48 Å². The van der Waals surface area contributed by atoms with Gasteiger partial charge in [-0.25, -0.2) is 15.0 Å². The summed E-state index contributed by atoms with van der Waals surface area (Å²) in [5, 5.41) is 4.37. The number of aryl methyl sites for hydroxylation is 2. The molecule has 7 heteroatoms. The van der Waals surface area contributed by atoms with Crippen molar-refractivity contribution < 1.29 is 4.79 Å². The van der Waals surface area contributed by atoms with Gasteiger partial charge in [0, 0.05) is 31.4 Å². The van der Waals surface area contributed by atoms with Crippen LogP contribution in [0.5, 0.6) is 0 Å². The summed E-state index contributed by atoms with van der Waals surface area (Å²) in [7, 11) is 3.61. The Labute approximate surface area is 146 Å². The molecule has 1 aromatic carbocycles. The first kappa shape index (κ1) is 16.8. The van der Waals surface area contributed by atoms with E-state index in [2.05, 4.69) is 20.1 Å². The van der Waals surface area contributed by atoms with Crippen LogP contribution in [-0.2, 0) is 7.05 Å². The zero-order valence-corrected chi connectivity index (χ0v) is 14.7. The number of rotatable bonds is 4. The van der Waals surface area contributed by atoms with Gasteiger partial charge in [0.05, 0.1) is 11.7 Å². The van der Waals surface area contributed by atoms with Gasteiger partial charge < -0.3 is 4.90 Å². The maximum absolute atomic E-state index is 12.9. The minimum absolute atomic E-state index is 0.0828. The van der Waals surface area contributed by atoms with E-state index in [9.17, 15) is 4.79 Å². The summed E-state index contributed by atoms with van der Waals surface area (Å²) in [5.74, 6) is 1.35.